The van der Waals surface area contributed by atoms with Crippen molar-refractivity contribution in [1.29, 1.82) is 0 Å². The summed E-state index contributed by atoms with van der Waals surface area (Å²) in [4.78, 5) is 15.3. The van der Waals surface area contributed by atoms with Crippen LogP contribution in [0.3, 0.4) is 0 Å². The number of nitrogens with zero attached hydrogens (tertiary/aromatic N) is 1. The topological polar surface area (TPSA) is 54.0 Å². The summed E-state index contributed by atoms with van der Waals surface area (Å²) in [6.45, 7) is 2.32. The zero-order chi connectivity index (χ0) is 9.68. The average Bonchev–Trinajstić information content (AvgIpc) is 2.65. The van der Waals surface area contributed by atoms with Gasteiger partial charge in [0.05, 0.1) is 23.8 Å². The third-order valence-electron chi connectivity index (χ3n) is 1.75. The summed E-state index contributed by atoms with van der Waals surface area (Å²) in [5, 5.41) is 7.56. The van der Waals surface area contributed by atoms with Crippen LogP contribution in [0.5, 0.6) is 0 Å². The Hall–Kier alpha value is -0.940. The van der Waals surface area contributed by atoms with Crippen molar-refractivity contribution in [2.75, 3.05) is 7.05 Å². The number of thiazole rings is 1. The van der Waals surface area contributed by atoms with Crippen LogP contribution >= 0.6 is 11.3 Å². The van der Waals surface area contributed by atoms with Crippen LogP contribution in [0, 0.1) is 0 Å². The van der Waals surface area contributed by atoms with Crippen LogP contribution < -0.4 is 10.6 Å². The minimum absolute atomic E-state index is 0.00417. The summed E-state index contributed by atoms with van der Waals surface area (Å²) in [5.41, 5.74) is 2.66. The molecule has 1 rings (SSSR count). The van der Waals surface area contributed by atoms with Crippen LogP contribution in [0.2, 0.25) is 0 Å². The highest BCUT2D eigenvalue weighted by Gasteiger charge is 2.09. The summed E-state index contributed by atoms with van der Waals surface area (Å²) < 4.78 is 0. The fourth-order valence-corrected chi connectivity index (χ4v) is 1.35. The zero-order valence-electron chi connectivity index (χ0n) is 7.70. The average molecular weight is 199 g/mol. The quantitative estimate of drug-likeness (QED) is 0.736. The fraction of sp³-hybridized carbons (Fsp3) is 0.500. The summed E-state index contributed by atoms with van der Waals surface area (Å²) >= 11 is 1.53. The number of nitrogens with one attached hydrogen (secondary N) is 2. The van der Waals surface area contributed by atoms with Gasteiger partial charge in [0.15, 0.2) is 0 Å². The Labute approximate surface area is 81.4 Å². The molecule has 1 heterocycles. The molecule has 0 aliphatic heterocycles. The molecule has 72 valence electrons. The lowest BCUT2D eigenvalue weighted by molar-refractivity contribution is -0.122. The van der Waals surface area contributed by atoms with Gasteiger partial charge in [0.2, 0.25) is 5.91 Å². The van der Waals surface area contributed by atoms with Crippen LogP contribution in [-0.2, 0) is 11.3 Å². The lowest BCUT2D eigenvalue weighted by Crippen LogP contribution is -2.40. The van der Waals surface area contributed by atoms with E-state index < -0.39 is 0 Å². The third-order valence-corrected chi connectivity index (χ3v) is 2.39. The molecule has 5 heteroatoms. The molecule has 1 aromatic heterocycles. The number of aromatic nitrogens is 1. The van der Waals surface area contributed by atoms with Crippen molar-refractivity contribution in [1.82, 2.24) is 15.6 Å². The molecule has 0 saturated heterocycles. The van der Waals surface area contributed by atoms with Gasteiger partial charge in [-0.05, 0) is 14.0 Å². The first kappa shape index (κ1) is 10.1. The molecule has 1 unspecified atom stereocenters. The van der Waals surface area contributed by atoms with Gasteiger partial charge in [0, 0.05) is 5.38 Å². The maximum absolute atomic E-state index is 11.3. The van der Waals surface area contributed by atoms with Crippen molar-refractivity contribution in [2.24, 2.45) is 0 Å². The molecule has 0 spiro atoms. The molecule has 1 amide bonds. The van der Waals surface area contributed by atoms with Crippen LogP contribution in [0.25, 0.3) is 0 Å². The van der Waals surface area contributed by atoms with Crippen LogP contribution in [0.1, 0.15) is 12.6 Å². The fourth-order valence-electron chi connectivity index (χ4n) is 0.787. The van der Waals surface area contributed by atoms with Crippen molar-refractivity contribution in [3.05, 3.63) is 16.6 Å². The smallest absolute Gasteiger partial charge is 0.237 e. The zero-order valence-corrected chi connectivity index (χ0v) is 8.52. The predicted molar refractivity (Wildman–Crippen MR) is 52.5 cm³/mol. The van der Waals surface area contributed by atoms with E-state index in [-0.39, 0.29) is 11.9 Å². The first-order chi connectivity index (χ1) is 6.24. The van der Waals surface area contributed by atoms with E-state index in [1.54, 1.807) is 12.6 Å². The highest BCUT2D eigenvalue weighted by molar-refractivity contribution is 7.07. The third kappa shape index (κ3) is 3.12. The van der Waals surface area contributed by atoms with E-state index >= 15 is 0 Å². The maximum atomic E-state index is 11.3. The molecule has 0 fully saturated rings. The molecule has 1 atom stereocenters. The first-order valence-corrected chi connectivity index (χ1v) is 5.00. The van der Waals surface area contributed by atoms with E-state index in [1.807, 2.05) is 12.3 Å². The van der Waals surface area contributed by atoms with Gasteiger partial charge >= 0.3 is 0 Å². The summed E-state index contributed by atoms with van der Waals surface area (Å²) in [5.74, 6) is -0.00417. The van der Waals surface area contributed by atoms with Gasteiger partial charge < -0.3 is 10.6 Å². The highest BCUT2D eigenvalue weighted by atomic mass is 32.1. The van der Waals surface area contributed by atoms with Gasteiger partial charge in [-0.3, -0.25) is 4.79 Å². The second-order valence-electron chi connectivity index (χ2n) is 2.71. The van der Waals surface area contributed by atoms with Crippen LogP contribution in [0.4, 0.5) is 0 Å². The lowest BCUT2D eigenvalue weighted by Gasteiger charge is -2.09. The summed E-state index contributed by atoms with van der Waals surface area (Å²) in [6.07, 6.45) is 0. The molecule has 0 aliphatic carbocycles. The second kappa shape index (κ2) is 4.94. The van der Waals surface area contributed by atoms with Crippen molar-refractivity contribution in [3.8, 4) is 0 Å². The highest BCUT2D eigenvalue weighted by Crippen LogP contribution is 1.99. The number of carbonyl (C=O) groups is 1. The van der Waals surface area contributed by atoms with Crippen molar-refractivity contribution >= 4 is 17.2 Å². The largest absolute Gasteiger partial charge is 0.349 e. The van der Waals surface area contributed by atoms with Gasteiger partial charge in [0.25, 0.3) is 0 Å². The Kier molecular flexibility index (Phi) is 3.85. The summed E-state index contributed by atoms with van der Waals surface area (Å²) in [7, 11) is 1.76. The molecule has 0 radical (unpaired) electrons. The SMILES string of the molecule is CNC(C)C(=O)NCc1cscn1. The van der Waals surface area contributed by atoms with Gasteiger partial charge in [-0.1, -0.05) is 0 Å². The maximum Gasteiger partial charge on any atom is 0.237 e. The molecular formula is C8H13N3OS. The van der Waals surface area contributed by atoms with E-state index in [0.717, 1.165) is 5.69 Å². The molecule has 13 heavy (non-hydrogen) atoms. The number of hydrogen-bond acceptors (Lipinski definition) is 4. The van der Waals surface area contributed by atoms with Crippen LogP contribution in [0.15, 0.2) is 10.9 Å². The van der Waals surface area contributed by atoms with Crippen LogP contribution in [-0.4, -0.2) is 24.0 Å². The Morgan fingerprint density at radius 3 is 3.08 bits per heavy atom. The van der Waals surface area contributed by atoms with E-state index in [2.05, 4.69) is 15.6 Å². The Bertz CT molecular complexity index is 260. The Balaban J connectivity index is 2.31. The van der Waals surface area contributed by atoms with E-state index in [9.17, 15) is 4.79 Å². The number of rotatable bonds is 4. The molecular weight excluding hydrogens is 186 g/mol. The summed E-state index contributed by atoms with van der Waals surface area (Å²) in [6, 6.07) is -0.154. The minimum atomic E-state index is -0.154. The number of likely N-dealkylation sites (N-methyl/N-ethyl adjacent to an activating group) is 1. The molecule has 0 aromatic carbocycles. The van der Waals surface area contributed by atoms with Gasteiger partial charge in [-0.25, -0.2) is 4.98 Å². The van der Waals surface area contributed by atoms with Crippen molar-refractivity contribution in [2.45, 2.75) is 19.5 Å². The number of amides is 1. The second-order valence-corrected chi connectivity index (χ2v) is 3.43. The predicted octanol–water partition coefficient (Wildman–Crippen LogP) is 0.367. The standard InChI is InChI=1S/C8H13N3OS/c1-6(9-2)8(12)10-3-7-4-13-5-11-7/h4-6,9H,3H2,1-2H3,(H,10,12). The number of carbonyl (C=O) groups excluding carboxylic acids is 1. The molecule has 0 saturated carbocycles. The lowest BCUT2D eigenvalue weighted by atomic mass is 10.3. The van der Waals surface area contributed by atoms with E-state index in [0.29, 0.717) is 6.54 Å². The first-order valence-electron chi connectivity index (χ1n) is 4.06. The monoisotopic (exact) mass is 199 g/mol. The van der Waals surface area contributed by atoms with Crippen molar-refractivity contribution in [3.63, 3.8) is 0 Å². The molecule has 4 nitrogen and oxygen atoms in total. The number of hydrogen-bond donors (Lipinski definition) is 2. The van der Waals surface area contributed by atoms with Gasteiger partial charge in [-0.15, -0.1) is 11.3 Å². The molecule has 0 bridgehead atoms. The molecule has 0 aliphatic rings. The normalized spacial score (nSPS) is 12.5. The van der Waals surface area contributed by atoms with Gasteiger partial charge in [0.1, 0.15) is 0 Å². The minimum Gasteiger partial charge on any atom is -0.349 e. The Morgan fingerprint density at radius 2 is 2.54 bits per heavy atom. The molecule has 2 N–H and O–H groups in total. The van der Waals surface area contributed by atoms with Gasteiger partial charge in [-0.2, -0.15) is 0 Å². The Morgan fingerprint density at radius 1 is 1.77 bits per heavy atom. The molecule has 1 aromatic rings. The van der Waals surface area contributed by atoms with E-state index in [1.165, 1.54) is 11.3 Å². The van der Waals surface area contributed by atoms with E-state index in [4.69, 9.17) is 0 Å². The van der Waals surface area contributed by atoms with Crippen molar-refractivity contribution < 1.29 is 4.79 Å².